The minimum Gasteiger partial charge on any atom is -0.469 e. The van der Waals surface area contributed by atoms with Crippen LogP contribution < -0.4 is 4.57 Å². The lowest BCUT2D eigenvalue weighted by molar-refractivity contribution is -0.667. The van der Waals surface area contributed by atoms with Crippen molar-refractivity contribution in [1.82, 2.24) is 4.90 Å². The van der Waals surface area contributed by atoms with E-state index in [9.17, 15) is 0 Å². The fourth-order valence-corrected chi connectivity index (χ4v) is 3.58. The van der Waals surface area contributed by atoms with Crippen LogP contribution in [-0.2, 0) is 11.3 Å². The first kappa shape index (κ1) is 16.4. The average molecular weight is 343 g/mol. The predicted octanol–water partition coefficient (Wildman–Crippen LogP) is 4.34. The molecule has 1 aliphatic heterocycles. The number of aryl methyl sites for hydroxylation is 1. The molecule has 1 aliphatic carbocycles. The monoisotopic (exact) mass is 343 g/mol. The fourth-order valence-electron chi connectivity index (χ4n) is 3.58. The van der Waals surface area contributed by atoms with E-state index in [1.54, 1.807) is 0 Å². The average Bonchev–Trinajstić information content (AvgIpc) is 3.05. The van der Waals surface area contributed by atoms with Gasteiger partial charge in [0, 0.05) is 18.3 Å². The molecule has 3 nitrogen and oxygen atoms in total. The zero-order chi connectivity index (χ0) is 17.9. The molecule has 2 aliphatic rings. The molecular formula is C23H23N2O+. The first-order valence-corrected chi connectivity index (χ1v) is 9.04. The summed E-state index contributed by atoms with van der Waals surface area (Å²) >= 11 is 0. The van der Waals surface area contributed by atoms with Gasteiger partial charge in [-0.25, -0.2) is 0 Å². The summed E-state index contributed by atoms with van der Waals surface area (Å²) in [5.74, 6) is 0.825. The molecule has 26 heavy (non-hydrogen) atoms. The Morgan fingerprint density at radius 2 is 2.04 bits per heavy atom. The van der Waals surface area contributed by atoms with Crippen LogP contribution in [0, 0.1) is 0 Å². The number of pyridine rings is 1. The van der Waals surface area contributed by atoms with Gasteiger partial charge < -0.3 is 9.64 Å². The third kappa shape index (κ3) is 2.86. The van der Waals surface area contributed by atoms with Gasteiger partial charge in [0.25, 0.3) is 0 Å². The number of rotatable bonds is 4. The molecule has 4 rings (SSSR count). The highest BCUT2D eigenvalue weighted by atomic mass is 16.5. The van der Waals surface area contributed by atoms with Crippen molar-refractivity contribution < 1.29 is 9.30 Å². The van der Waals surface area contributed by atoms with Crippen LogP contribution in [0.25, 0.3) is 17.0 Å². The Bertz CT molecular complexity index is 952. The molecule has 1 saturated heterocycles. The lowest BCUT2D eigenvalue weighted by Gasteiger charge is -2.19. The third-order valence-corrected chi connectivity index (χ3v) is 4.90. The number of allylic oxidation sites excluding steroid dienone is 4. The van der Waals surface area contributed by atoms with E-state index in [4.69, 9.17) is 4.74 Å². The Hall–Kier alpha value is -3.07. The lowest BCUT2D eigenvalue weighted by Crippen LogP contribution is -2.32. The van der Waals surface area contributed by atoms with Gasteiger partial charge in [-0.15, -0.1) is 0 Å². The number of benzene rings is 1. The Morgan fingerprint density at radius 1 is 1.19 bits per heavy atom. The maximum Gasteiger partial charge on any atom is 0.213 e. The van der Waals surface area contributed by atoms with E-state index in [1.807, 2.05) is 18.4 Å². The first-order chi connectivity index (χ1) is 12.8. The Labute approximate surface area is 154 Å². The molecule has 0 amide bonds. The van der Waals surface area contributed by atoms with Gasteiger partial charge in [0.1, 0.15) is 12.6 Å². The molecular weight excluding hydrogens is 320 g/mol. The largest absolute Gasteiger partial charge is 0.469 e. The zero-order valence-corrected chi connectivity index (χ0v) is 15.0. The van der Waals surface area contributed by atoms with Crippen LogP contribution in [0.4, 0.5) is 0 Å². The zero-order valence-electron chi connectivity index (χ0n) is 15.0. The van der Waals surface area contributed by atoms with Crippen LogP contribution in [0.3, 0.4) is 0 Å². The van der Waals surface area contributed by atoms with E-state index in [0.29, 0.717) is 0 Å². The summed E-state index contributed by atoms with van der Waals surface area (Å²) in [4.78, 5) is 2.07. The van der Waals surface area contributed by atoms with Crippen LogP contribution in [0.15, 0.2) is 91.6 Å². The summed E-state index contributed by atoms with van der Waals surface area (Å²) in [6, 6.07) is 10.9. The number of aromatic nitrogens is 1. The van der Waals surface area contributed by atoms with E-state index in [1.165, 1.54) is 16.5 Å². The van der Waals surface area contributed by atoms with Gasteiger partial charge in [0.2, 0.25) is 5.52 Å². The molecule has 0 radical (unpaired) electrons. The smallest absolute Gasteiger partial charge is 0.213 e. The first-order valence-electron chi connectivity index (χ1n) is 9.04. The predicted molar refractivity (Wildman–Crippen MR) is 106 cm³/mol. The minimum absolute atomic E-state index is 0.0544. The molecule has 1 aromatic carbocycles. The maximum atomic E-state index is 6.05. The van der Waals surface area contributed by atoms with E-state index in [-0.39, 0.29) is 12.1 Å². The highest BCUT2D eigenvalue weighted by molar-refractivity contribution is 5.85. The van der Waals surface area contributed by atoms with Gasteiger partial charge in [-0.2, -0.15) is 4.57 Å². The molecule has 3 heteroatoms. The van der Waals surface area contributed by atoms with Gasteiger partial charge in [-0.05, 0) is 30.7 Å². The number of fused-ring (bicyclic) bond motifs is 2. The topological polar surface area (TPSA) is 16.4 Å². The van der Waals surface area contributed by atoms with Crippen LogP contribution in [0.1, 0.15) is 12.5 Å². The highest BCUT2D eigenvalue weighted by Crippen LogP contribution is 2.30. The van der Waals surface area contributed by atoms with Crippen LogP contribution in [0.5, 0.6) is 0 Å². The minimum atomic E-state index is 0.0544. The fraction of sp³-hybridized carbons (Fsp3) is 0.174. The SMILES string of the molecule is C=CN1C(=CC=Cc2cc[n+](CC)c3ccccc23)OC2C=CC=CC21. The normalized spacial score (nSPS) is 23.0. The molecule has 2 aromatic rings. The van der Waals surface area contributed by atoms with Crippen LogP contribution in [-0.4, -0.2) is 17.0 Å². The van der Waals surface area contributed by atoms with Crippen LogP contribution in [0.2, 0.25) is 0 Å². The Kier molecular flexibility index (Phi) is 4.44. The van der Waals surface area contributed by atoms with Crippen molar-refractivity contribution in [3.63, 3.8) is 0 Å². The van der Waals surface area contributed by atoms with Crippen molar-refractivity contribution in [2.75, 3.05) is 0 Å². The van der Waals surface area contributed by atoms with E-state index >= 15 is 0 Å². The molecule has 130 valence electrons. The quantitative estimate of drug-likeness (QED) is 0.768. The standard InChI is InChI=1S/C23H23N2O/c1-3-24-17-16-18(19-11-5-6-12-20(19)24)10-9-15-23-25(4-2)21-13-7-8-14-22(21)26-23/h4-17,21-22H,2-3H2,1H3/q+1. The summed E-state index contributed by atoms with van der Waals surface area (Å²) in [5, 5.41) is 1.25. The summed E-state index contributed by atoms with van der Waals surface area (Å²) in [6.07, 6.45) is 18.5. The van der Waals surface area contributed by atoms with Crippen molar-refractivity contribution in [1.29, 1.82) is 0 Å². The number of ether oxygens (including phenoxy) is 1. The molecule has 0 bridgehead atoms. The number of hydrogen-bond donors (Lipinski definition) is 0. The number of para-hydroxylation sites is 1. The van der Waals surface area contributed by atoms with E-state index in [2.05, 4.69) is 89.9 Å². The van der Waals surface area contributed by atoms with Gasteiger partial charge >= 0.3 is 0 Å². The lowest BCUT2D eigenvalue weighted by atomic mass is 10.1. The van der Waals surface area contributed by atoms with Gasteiger partial charge in [-0.1, -0.05) is 49.1 Å². The second kappa shape index (κ2) is 7.04. The Balaban J connectivity index is 1.64. The summed E-state index contributed by atoms with van der Waals surface area (Å²) in [7, 11) is 0. The molecule has 0 spiro atoms. The molecule has 0 N–H and O–H groups in total. The second-order valence-corrected chi connectivity index (χ2v) is 6.37. The van der Waals surface area contributed by atoms with Gasteiger partial charge in [-0.3, -0.25) is 0 Å². The van der Waals surface area contributed by atoms with Crippen molar-refractivity contribution in [2.24, 2.45) is 0 Å². The van der Waals surface area contributed by atoms with Crippen molar-refractivity contribution in [3.05, 3.63) is 97.2 Å². The molecule has 1 aromatic heterocycles. The maximum absolute atomic E-state index is 6.05. The number of nitrogens with zero attached hydrogens (tertiary/aromatic N) is 2. The van der Waals surface area contributed by atoms with Gasteiger partial charge in [0.05, 0.1) is 11.4 Å². The Morgan fingerprint density at radius 3 is 2.88 bits per heavy atom. The summed E-state index contributed by atoms with van der Waals surface area (Å²) < 4.78 is 8.31. The van der Waals surface area contributed by atoms with Crippen molar-refractivity contribution >= 4 is 17.0 Å². The van der Waals surface area contributed by atoms with Gasteiger partial charge in [0.15, 0.2) is 12.1 Å². The summed E-state index contributed by atoms with van der Waals surface area (Å²) in [6.45, 7) is 7.05. The second-order valence-electron chi connectivity index (χ2n) is 6.37. The van der Waals surface area contributed by atoms with E-state index in [0.717, 1.165) is 12.4 Å². The molecule has 1 fully saturated rings. The molecule has 2 unspecified atom stereocenters. The van der Waals surface area contributed by atoms with Crippen molar-refractivity contribution in [2.45, 2.75) is 25.6 Å². The molecule has 2 atom stereocenters. The van der Waals surface area contributed by atoms with Crippen LogP contribution >= 0.6 is 0 Å². The molecule has 2 heterocycles. The highest BCUT2D eigenvalue weighted by Gasteiger charge is 2.34. The number of hydrogen-bond acceptors (Lipinski definition) is 2. The molecule has 0 saturated carbocycles. The third-order valence-electron chi connectivity index (χ3n) is 4.90. The summed E-state index contributed by atoms with van der Waals surface area (Å²) in [5.41, 5.74) is 2.44. The van der Waals surface area contributed by atoms with Crippen molar-refractivity contribution in [3.8, 4) is 0 Å². The van der Waals surface area contributed by atoms with E-state index < -0.39 is 0 Å².